The summed E-state index contributed by atoms with van der Waals surface area (Å²) in [5.74, 6) is -2.87. The molecule has 0 aromatic carbocycles. The van der Waals surface area contributed by atoms with E-state index >= 15 is 0 Å². The van der Waals surface area contributed by atoms with Crippen molar-refractivity contribution >= 4 is 11.8 Å². The highest BCUT2D eigenvalue weighted by Gasteiger charge is 2.64. The summed E-state index contributed by atoms with van der Waals surface area (Å²) in [6, 6.07) is 0. The van der Waals surface area contributed by atoms with Crippen molar-refractivity contribution in [3.05, 3.63) is 0 Å². The van der Waals surface area contributed by atoms with Crippen molar-refractivity contribution in [3.8, 4) is 0 Å². The summed E-state index contributed by atoms with van der Waals surface area (Å²) >= 11 is 0. The molecule has 0 aromatic heterocycles. The number of aliphatic carboxylic acids is 1. The molecule has 6 N–H and O–H groups in total. The number of aliphatic hydroxyl groups excluding tert-OH is 5. The predicted molar refractivity (Wildman–Crippen MR) is 131 cm³/mol. The largest absolute Gasteiger partial charge is 0.480 e. The second-order valence-electron chi connectivity index (χ2n) is 10.1. The van der Waals surface area contributed by atoms with E-state index < -0.39 is 59.9 Å². The van der Waals surface area contributed by atoms with Crippen molar-refractivity contribution in [1.29, 1.82) is 0 Å². The van der Waals surface area contributed by atoms with Crippen LogP contribution in [0.2, 0.25) is 0 Å². The maximum atomic E-state index is 13.6. The minimum absolute atomic E-state index is 0.0206. The quantitative estimate of drug-likeness (QED) is 0.121. The van der Waals surface area contributed by atoms with Crippen LogP contribution in [0.4, 0.5) is 0 Å². The Balaban J connectivity index is 3.18. The Hall–Kier alpha value is -1.10. The molecule has 0 aromatic rings. The van der Waals surface area contributed by atoms with Gasteiger partial charge in [0.1, 0.15) is 30.5 Å². The normalized spacial score (nSPS) is 28.3. The number of Topliss-reactive ketones (excluding diaryl/α,β-unsaturated/α-hetero) is 1. The molecule has 1 fully saturated rings. The number of unbranched alkanes of at least 4 members (excludes halogenated alkanes) is 9. The van der Waals surface area contributed by atoms with Gasteiger partial charge in [0.25, 0.3) is 0 Å². The van der Waals surface area contributed by atoms with Gasteiger partial charge in [0.2, 0.25) is 0 Å². The summed E-state index contributed by atoms with van der Waals surface area (Å²) in [5.41, 5.74) is -2.69. The molecule has 9 nitrogen and oxygen atoms in total. The number of carbonyl (C=O) groups is 2. The van der Waals surface area contributed by atoms with E-state index in [1.807, 2.05) is 0 Å². The van der Waals surface area contributed by atoms with Gasteiger partial charge >= 0.3 is 5.97 Å². The zero-order valence-electron chi connectivity index (χ0n) is 21.6. The molecular formula is C26H48O9. The number of rotatable bonds is 18. The first-order valence-corrected chi connectivity index (χ1v) is 13.4. The van der Waals surface area contributed by atoms with Gasteiger partial charge in [-0.15, -0.1) is 0 Å². The molecule has 1 heterocycles. The van der Waals surface area contributed by atoms with Gasteiger partial charge in [-0.05, 0) is 19.8 Å². The van der Waals surface area contributed by atoms with Crippen molar-refractivity contribution in [3.63, 3.8) is 0 Å². The number of hydrogen-bond donors (Lipinski definition) is 6. The van der Waals surface area contributed by atoms with Gasteiger partial charge in [0.15, 0.2) is 11.2 Å². The van der Waals surface area contributed by atoms with E-state index in [-0.39, 0.29) is 12.8 Å². The fourth-order valence-electron chi connectivity index (χ4n) is 4.99. The zero-order chi connectivity index (χ0) is 26.6. The minimum atomic E-state index is -2.69. The second kappa shape index (κ2) is 15.9. The van der Waals surface area contributed by atoms with Gasteiger partial charge < -0.3 is 35.4 Å². The zero-order valence-corrected chi connectivity index (χ0v) is 21.6. The molecule has 3 unspecified atom stereocenters. The lowest BCUT2D eigenvalue weighted by Gasteiger charge is -2.48. The molecule has 1 aliphatic heterocycles. The van der Waals surface area contributed by atoms with E-state index in [0.29, 0.717) is 12.8 Å². The maximum absolute atomic E-state index is 13.6. The Labute approximate surface area is 209 Å². The molecule has 0 bridgehead atoms. The van der Waals surface area contributed by atoms with E-state index in [9.17, 15) is 40.2 Å². The maximum Gasteiger partial charge on any atom is 0.322 e. The third-order valence-corrected chi connectivity index (χ3v) is 7.30. The van der Waals surface area contributed by atoms with Crippen LogP contribution in [0, 0.1) is 5.41 Å². The summed E-state index contributed by atoms with van der Waals surface area (Å²) in [4.78, 5) is 26.3. The molecule has 206 valence electrons. The monoisotopic (exact) mass is 504 g/mol. The van der Waals surface area contributed by atoms with E-state index in [0.717, 1.165) is 57.8 Å². The van der Waals surface area contributed by atoms with Crippen molar-refractivity contribution in [2.75, 3.05) is 0 Å². The molecule has 1 saturated heterocycles. The fraction of sp³-hybridized carbons (Fsp3) is 0.923. The van der Waals surface area contributed by atoms with E-state index in [1.54, 1.807) is 0 Å². The first-order chi connectivity index (χ1) is 16.6. The van der Waals surface area contributed by atoms with Crippen molar-refractivity contribution in [1.82, 2.24) is 0 Å². The molecule has 0 spiro atoms. The van der Waals surface area contributed by atoms with Crippen LogP contribution in [0.25, 0.3) is 0 Å². The first-order valence-electron chi connectivity index (χ1n) is 13.4. The first kappa shape index (κ1) is 31.9. The third kappa shape index (κ3) is 8.20. The fourth-order valence-corrected chi connectivity index (χ4v) is 4.99. The smallest absolute Gasteiger partial charge is 0.322 e. The topological polar surface area (TPSA) is 165 Å². The molecule has 0 amide bonds. The van der Waals surface area contributed by atoms with Crippen molar-refractivity contribution < 1.29 is 45.0 Å². The highest BCUT2D eigenvalue weighted by Crippen LogP contribution is 2.41. The number of ether oxygens (including phenoxy) is 1. The average Bonchev–Trinajstić information content (AvgIpc) is 2.82. The van der Waals surface area contributed by atoms with Crippen LogP contribution in [0.3, 0.4) is 0 Å². The van der Waals surface area contributed by atoms with Crippen molar-refractivity contribution in [2.45, 2.75) is 147 Å². The van der Waals surface area contributed by atoms with Gasteiger partial charge in [-0.2, -0.15) is 0 Å². The van der Waals surface area contributed by atoms with E-state index in [4.69, 9.17) is 4.74 Å². The lowest BCUT2D eigenvalue weighted by Crippen LogP contribution is -2.69. The van der Waals surface area contributed by atoms with Crippen LogP contribution in [-0.2, 0) is 14.3 Å². The van der Waals surface area contributed by atoms with Crippen LogP contribution in [0.15, 0.2) is 0 Å². The molecule has 9 heteroatoms. The molecule has 1 rings (SSSR count). The van der Waals surface area contributed by atoms with Crippen LogP contribution >= 0.6 is 0 Å². The van der Waals surface area contributed by atoms with Crippen LogP contribution < -0.4 is 0 Å². The summed E-state index contributed by atoms with van der Waals surface area (Å²) in [7, 11) is 0. The lowest BCUT2D eigenvalue weighted by molar-refractivity contribution is -0.257. The number of carboxylic acids is 1. The second-order valence-corrected chi connectivity index (χ2v) is 10.1. The van der Waals surface area contributed by atoms with E-state index in [1.165, 1.54) is 6.92 Å². The SMILES string of the molecule is CCCCCCCCC(O)C(=O)C(C(=O)O)(C(O)CCCCCCC)[C@@H]1O[C@@H](C)[C@H](O)[C@@H](O)[C@H]1O. The average molecular weight is 505 g/mol. The molecule has 0 radical (unpaired) electrons. The number of carboxylic acid groups (broad SMARTS) is 1. The molecule has 35 heavy (non-hydrogen) atoms. The number of ketones is 1. The minimum Gasteiger partial charge on any atom is -0.480 e. The van der Waals surface area contributed by atoms with Gasteiger partial charge in [-0.1, -0.05) is 84.5 Å². The van der Waals surface area contributed by atoms with E-state index in [2.05, 4.69) is 13.8 Å². The Kier molecular flexibility index (Phi) is 14.5. The molecule has 0 aliphatic carbocycles. The molecule has 8 atom stereocenters. The Bertz CT molecular complexity index is 628. The van der Waals surface area contributed by atoms with Gasteiger partial charge in [-0.3, -0.25) is 9.59 Å². The van der Waals surface area contributed by atoms with Gasteiger partial charge in [0.05, 0.1) is 12.2 Å². The number of hydrogen-bond acceptors (Lipinski definition) is 8. The Morgan fingerprint density at radius 2 is 1.26 bits per heavy atom. The van der Waals surface area contributed by atoms with Gasteiger partial charge in [0, 0.05) is 0 Å². The van der Waals surface area contributed by atoms with Crippen LogP contribution in [0.1, 0.15) is 104 Å². The summed E-state index contributed by atoms with van der Waals surface area (Å²) < 4.78 is 5.58. The summed E-state index contributed by atoms with van der Waals surface area (Å²) in [5, 5.41) is 63.2. The number of aliphatic hydroxyl groups is 5. The summed E-state index contributed by atoms with van der Waals surface area (Å²) in [6.45, 7) is 5.53. The standard InChI is InChI=1S/C26H48O9/c1-4-6-8-10-12-13-15-18(27)23(32)26(25(33)34,19(28)16-14-11-9-7-5-2)24-22(31)21(30)20(29)17(3)35-24/h17-22,24,27-31H,4-16H2,1-3H3,(H,33,34)/t17-,18?,19?,20-,21+,22+,24+,26?/m0/s1. The van der Waals surface area contributed by atoms with Gasteiger partial charge in [-0.25, -0.2) is 0 Å². The molecule has 0 saturated carbocycles. The Morgan fingerprint density at radius 1 is 0.771 bits per heavy atom. The third-order valence-electron chi connectivity index (χ3n) is 7.30. The number of carbonyl (C=O) groups excluding carboxylic acids is 1. The highest BCUT2D eigenvalue weighted by atomic mass is 16.5. The van der Waals surface area contributed by atoms with Crippen LogP contribution in [0.5, 0.6) is 0 Å². The molecular weight excluding hydrogens is 456 g/mol. The predicted octanol–water partition coefficient (Wildman–Crippen LogP) is 2.33. The Morgan fingerprint density at radius 3 is 1.77 bits per heavy atom. The highest BCUT2D eigenvalue weighted by molar-refractivity contribution is 6.06. The molecule has 1 aliphatic rings. The van der Waals surface area contributed by atoms with Crippen molar-refractivity contribution in [2.24, 2.45) is 5.41 Å². The lowest BCUT2D eigenvalue weighted by atomic mass is 9.66. The summed E-state index contributed by atoms with van der Waals surface area (Å²) in [6.07, 6.45) is -2.15. The van der Waals surface area contributed by atoms with Crippen LogP contribution in [-0.4, -0.2) is 85.1 Å².